The molecule has 3 aromatic heterocycles. The van der Waals surface area contributed by atoms with E-state index in [0.29, 0.717) is 63.3 Å². The third kappa shape index (κ3) is 6.08. The van der Waals surface area contributed by atoms with Gasteiger partial charge >= 0.3 is 0 Å². The number of nitrogens with zero attached hydrogens (tertiary/aromatic N) is 5. The summed E-state index contributed by atoms with van der Waals surface area (Å²) >= 11 is 0. The second-order valence-electron chi connectivity index (χ2n) is 10.2. The average molecular weight is 599 g/mol. The molecule has 1 saturated heterocycles. The SMILES string of the molecule is CCOc1cc2ncnc(Nc3cc(C)c(Oc4ccn5ncnc5c4)cc3OC)c2cc1NC(=O)/C(F)=C\C1CCCN1. The number of ether oxygens (including phenoxy) is 3. The van der Waals surface area contributed by atoms with Crippen molar-refractivity contribution in [2.45, 2.75) is 32.7 Å². The van der Waals surface area contributed by atoms with Crippen molar-refractivity contribution in [3.8, 4) is 23.0 Å². The van der Waals surface area contributed by atoms with Crippen LogP contribution >= 0.6 is 0 Å². The molecular weight excluding hydrogens is 567 g/mol. The topological polar surface area (TPSA) is 137 Å². The zero-order chi connectivity index (χ0) is 30.6. The summed E-state index contributed by atoms with van der Waals surface area (Å²) in [6.07, 6.45) is 7.70. The molecule has 3 N–H and O–H groups in total. The van der Waals surface area contributed by atoms with Crippen molar-refractivity contribution >= 4 is 39.6 Å². The van der Waals surface area contributed by atoms with E-state index in [2.05, 4.69) is 36.0 Å². The molecule has 12 nitrogen and oxygen atoms in total. The number of pyridine rings is 1. The monoisotopic (exact) mass is 598 g/mol. The number of anilines is 3. The Labute approximate surface area is 252 Å². The van der Waals surface area contributed by atoms with E-state index in [1.54, 1.807) is 48.2 Å². The number of aryl methyl sites for hydroxylation is 1. The van der Waals surface area contributed by atoms with Gasteiger partial charge in [-0.3, -0.25) is 4.79 Å². The van der Waals surface area contributed by atoms with Gasteiger partial charge in [-0.2, -0.15) is 5.10 Å². The number of carbonyl (C=O) groups is 1. The molecule has 44 heavy (non-hydrogen) atoms. The number of hydrogen-bond donors (Lipinski definition) is 3. The van der Waals surface area contributed by atoms with E-state index < -0.39 is 11.7 Å². The van der Waals surface area contributed by atoms with Gasteiger partial charge in [-0.25, -0.2) is 23.9 Å². The van der Waals surface area contributed by atoms with Gasteiger partial charge in [0.2, 0.25) is 0 Å². The molecule has 1 aliphatic rings. The Balaban J connectivity index is 1.30. The fourth-order valence-corrected chi connectivity index (χ4v) is 5.00. The summed E-state index contributed by atoms with van der Waals surface area (Å²) in [6.45, 7) is 4.88. The standard InChI is InChI=1S/C31H31FN8O4/c1-4-43-28-14-23-21(13-25(28)39-31(41)22(32)11-19-6-5-8-33-19)30(36-16-34-23)38-24-10-18(2)26(15-27(24)42-3)44-20-7-9-40-29(12-20)35-17-37-40/h7,9-17,19,33H,4-6,8H2,1-3H3,(H,39,41)(H,34,36,38)/b22-11+. The van der Waals surface area contributed by atoms with Gasteiger partial charge in [-0.1, -0.05) is 0 Å². The van der Waals surface area contributed by atoms with E-state index in [4.69, 9.17) is 14.2 Å². The van der Waals surface area contributed by atoms with Gasteiger partial charge in [-0.15, -0.1) is 0 Å². The fraction of sp³-hybridized carbons (Fsp3) is 0.258. The lowest BCUT2D eigenvalue weighted by atomic mass is 10.1. The van der Waals surface area contributed by atoms with Gasteiger partial charge in [0, 0.05) is 35.8 Å². The summed E-state index contributed by atoms with van der Waals surface area (Å²) in [7, 11) is 1.56. The number of rotatable bonds is 10. The van der Waals surface area contributed by atoms with E-state index in [1.807, 2.05) is 19.9 Å². The van der Waals surface area contributed by atoms with Gasteiger partial charge in [0.1, 0.15) is 41.5 Å². The maximum atomic E-state index is 14.8. The molecule has 0 aliphatic carbocycles. The normalized spacial score (nSPS) is 15.0. The van der Waals surface area contributed by atoms with Crippen LogP contribution in [-0.4, -0.2) is 56.8 Å². The van der Waals surface area contributed by atoms with Crippen molar-refractivity contribution < 1.29 is 23.4 Å². The molecule has 5 aromatic rings. The van der Waals surface area contributed by atoms with Crippen LogP contribution in [0.4, 0.5) is 21.6 Å². The van der Waals surface area contributed by atoms with E-state index in [1.165, 1.54) is 18.7 Å². The molecular formula is C31H31FN8O4. The lowest BCUT2D eigenvalue weighted by Crippen LogP contribution is -2.21. The summed E-state index contributed by atoms with van der Waals surface area (Å²) in [5.41, 5.74) is 2.98. The first-order valence-electron chi connectivity index (χ1n) is 14.2. The highest BCUT2D eigenvalue weighted by Gasteiger charge is 2.20. The molecule has 2 aromatic carbocycles. The summed E-state index contributed by atoms with van der Waals surface area (Å²) < 4.78 is 34.0. The van der Waals surface area contributed by atoms with Crippen molar-refractivity contribution in [1.29, 1.82) is 0 Å². The highest BCUT2D eigenvalue weighted by molar-refractivity contribution is 6.05. The lowest BCUT2D eigenvalue weighted by molar-refractivity contribution is -0.114. The second kappa shape index (κ2) is 12.5. The summed E-state index contributed by atoms with van der Waals surface area (Å²) in [4.78, 5) is 25.8. The predicted molar refractivity (Wildman–Crippen MR) is 164 cm³/mol. The van der Waals surface area contributed by atoms with E-state index >= 15 is 0 Å². The minimum atomic E-state index is -0.863. The van der Waals surface area contributed by atoms with Gasteiger partial charge in [-0.05, 0) is 63.1 Å². The number of fused-ring (bicyclic) bond motifs is 2. The Hall–Kier alpha value is -5.30. The Kier molecular flexibility index (Phi) is 8.19. The Morgan fingerprint density at radius 1 is 1.11 bits per heavy atom. The number of hydrogen-bond acceptors (Lipinski definition) is 10. The number of halogens is 1. The average Bonchev–Trinajstić information content (AvgIpc) is 3.71. The highest BCUT2D eigenvalue weighted by atomic mass is 19.1. The van der Waals surface area contributed by atoms with Crippen LogP contribution in [0.5, 0.6) is 23.0 Å². The van der Waals surface area contributed by atoms with E-state index in [0.717, 1.165) is 24.9 Å². The van der Waals surface area contributed by atoms with Crippen molar-refractivity contribution in [3.05, 3.63) is 72.7 Å². The third-order valence-corrected chi connectivity index (χ3v) is 7.18. The largest absolute Gasteiger partial charge is 0.494 e. The first-order valence-corrected chi connectivity index (χ1v) is 14.2. The Morgan fingerprint density at radius 2 is 2.00 bits per heavy atom. The predicted octanol–water partition coefficient (Wildman–Crippen LogP) is 5.47. The van der Waals surface area contributed by atoms with Crippen LogP contribution in [0.1, 0.15) is 25.3 Å². The number of nitrogens with one attached hydrogen (secondary N) is 3. The summed E-state index contributed by atoms with van der Waals surface area (Å²) in [5.74, 6) is 0.794. The van der Waals surface area contributed by atoms with Crippen LogP contribution in [0.25, 0.3) is 16.6 Å². The molecule has 1 fully saturated rings. The van der Waals surface area contributed by atoms with Gasteiger partial charge in [0.25, 0.3) is 5.91 Å². The van der Waals surface area contributed by atoms with Crippen molar-refractivity contribution in [2.24, 2.45) is 0 Å². The van der Waals surface area contributed by atoms with Crippen LogP contribution in [0.2, 0.25) is 0 Å². The molecule has 226 valence electrons. The molecule has 1 aliphatic heterocycles. The quantitative estimate of drug-likeness (QED) is 0.178. The number of aromatic nitrogens is 5. The van der Waals surface area contributed by atoms with Gasteiger partial charge < -0.3 is 30.2 Å². The fourth-order valence-electron chi connectivity index (χ4n) is 5.00. The lowest BCUT2D eigenvalue weighted by Gasteiger charge is -2.17. The maximum absolute atomic E-state index is 14.8. The molecule has 1 amide bonds. The van der Waals surface area contributed by atoms with Crippen LogP contribution in [0, 0.1) is 6.92 Å². The smallest absolute Gasteiger partial charge is 0.284 e. The maximum Gasteiger partial charge on any atom is 0.284 e. The molecule has 4 heterocycles. The summed E-state index contributed by atoms with van der Waals surface area (Å²) in [6, 6.07) is 10.4. The third-order valence-electron chi connectivity index (χ3n) is 7.18. The number of carbonyl (C=O) groups excluding carboxylic acids is 1. The minimum Gasteiger partial charge on any atom is -0.494 e. The highest BCUT2D eigenvalue weighted by Crippen LogP contribution is 2.39. The van der Waals surface area contributed by atoms with Crippen molar-refractivity contribution in [3.63, 3.8) is 0 Å². The zero-order valence-electron chi connectivity index (χ0n) is 24.4. The molecule has 0 radical (unpaired) electrons. The molecule has 0 spiro atoms. The Bertz CT molecular complexity index is 1870. The van der Waals surface area contributed by atoms with Gasteiger partial charge in [0.15, 0.2) is 11.5 Å². The molecule has 1 atom stereocenters. The van der Waals surface area contributed by atoms with E-state index in [9.17, 15) is 9.18 Å². The number of benzene rings is 2. The number of methoxy groups -OCH3 is 1. The van der Waals surface area contributed by atoms with Crippen molar-refractivity contribution in [2.75, 3.05) is 30.9 Å². The molecule has 1 unspecified atom stereocenters. The number of amides is 1. The second-order valence-corrected chi connectivity index (χ2v) is 10.2. The zero-order valence-corrected chi connectivity index (χ0v) is 24.4. The molecule has 13 heteroatoms. The van der Waals surface area contributed by atoms with Crippen LogP contribution in [0.15, 0.2) is 67.2 Å². The van der Waals surface area contributed by atoms with Gasteiger partial charge in [0.05, 0.1) is 30.6 Å². The molecule has 0 saturated carbocycles. The molecule has 0 bridgehead atoms. The van der Waals surface area contributed by atoms with Crippen molar-refractivity contribution in [1.82, 2.24) is 29.9 Å². The van der Waals surface area contributed by atoms with Crippen LogP contribution in [0.3, 0.4) is 0 Å². The molecule has 6 rings (SSSR count). The first-order chi connectivity index (χ1) is 21.4. The Morgan fingerprint density at radius 3 is 2.80 bits per heavy atom. The van der Waals surface area contributed by atoms with Crippen LogP contribution < -0.4 is 30.2 Å². The minimum absolute atomic E-state index is 0.166. The summed E-state index contributed by atoms with van der Waals surface area (Å²) in [5, 5.41) is 13.8. The van der Waals surface area contributed by atoms with E-state index in [-0.39, 0.29) is 6.04 Å². The van der Waals surface area contributed by atoms with Crippen LogP contribution in [-0.2, 0) is 4.79 Å². The first kappa shape index (κ1) is 28.8.